The summed E-state index contributed by atoms with van der Waals surface area (Å²) in [4.78, 5) is 11.3. The van der Waals surface area contributed by atoms with E-state index in [9.17, 15) is 9.18 Å². The molecule has 0 unspecified atom stereocenters. The number of rotatable bonds is 2. The van der Waals surface area contributed by atoms with Crippen molar-refractivity contribution in [2.75, 3.05) is 7.11 Å². The Labute approximate surface area is 88.1 Å². The van der Waals surface area contributed by atoms with E-state index in [1.807, 2.05) is 6.07 Å². The highest BCUT2D eigenvalue weighted by atomic mass is 19.1. The van der Waals surface area contributed by atoms with Gasteiger partial charge in [0.25, 0.3) is 0 Å². The molecule has 0 bridgehead atoms. The number of benzene rings is 1. The molecule has 0 amide bonds. The normalized spacial score (nSPS) is 15.1. The van der Waals surface area contributed by atoms with E-state index in [1.165, 1.54) is 13.2 Å². The zero-order chi connectivity index (χ0) is 11.0. The molecule has 1 saturated carbocycles. The van der Waals surface area contributed by atoms with Gasteiger partial charge in [-0.15, -0.1) is 0 Å². The average molecular weight is 208 g/mol. The molecular weight excluding hydrogens is 195 g/mol. The molecule has 1 fully saturated rings. The fourth-order valence-corrected chi connectivity index (χ4v) is 1.78. The Morgan fingerprint density at radius 2 is 2.13 bits per heavy atom. The summed E-state index contributed by atoms with van der Waals surface area (Å²) in [5.74, 6) is -0.582. The van der Waals surface area contributed by atoms with Gasteiger partial charge in [0.1, 0.15) is 5.82 Å². The van der Waals surface area contributed by atoms with Gasteiger partial charge in [-0.1, -0.05) is 6.07 Å². The van der Waals surface area contributed by atoms with Crippen molar-refractivity contribution in [2.45, 2.75) is 25.7 Å². The van der Waals surface area contributed by atoms with E-state index in [-0.39, 0.29) is 5.56 Å². The van der Waals surface area contributed by atoms with E-state index in [0.29, 0.717) is 11.5 Å². The van der Waals surface area contributed by atoms with Crippen LogP contribution in [-0.4, -0.2) is 13.1 Å². The molecule has 0 aromatic heterocycles. The predicted octanol–water partition coefficient (Wildman–Crippen LogP) is 2.80. The van der Waals surface area contributed by atoms with Gasteiger partial charge in [-0.2, -0.15) is 0 Å². The average Bonchev–Trinajstić information content (AvgIpc) is 2.99. The maximum atomic E-state index is 13.6. The number of carbonyl (C=O) groups excluding carboxylic acids is 1. The third-order valence-electron chi connectivity index (χ3n) is 2.75. The van der Waals surface area contributed by atoms with E-state index in [0.717, 1.165) is 18.4 Å². The summed E-state index contributed by atoms with van der Waals surface area (Å²) in [6.07, 6.45) is 2.24. The van der Waals surface area contributed by atoms with Gasteiger partial charge in [0.05, 0.1) is 12.7 Å². The number of ether oxygens (including phenoxy) is 1. The second kappa shape index (κ2) is 3.65. The third-order valence-corrected chi connectivity index (χ3v) is 2.75. The van der Waals surface area contributed by atoms with Gasteiger partial charge in [0, 0.05) is 0 Å². The molecule has 1 aromatic rings. The van der Waals surface area contributed by atoms with E-state index in [1.54, 1.807) is 6.92 Å². The summed E-state index contributed by atoms with van der Waals surface area (Å²) in [5.41, 5.74) is 1.71. The van der Waals surface area contributed by atoms with Crippen LogP contribution in [0.2, 0.25) is 0 Å². The first-order chi connectivity index (χ1) is 7.13. The highest BCUT2D eigenvalue weighted by Gasteiger charge is 2.26. The highest BCUT2D eigenvalue weighted by Crippen LogP contribution is 2.41. The SMILES string of the molecule is COC(=O)c1c(C)cc(C2CC2)cc1F. The Bertz CT molecular complexity index is 385. The molecule has 3 heteroatoms. The van der Waals surface area contributed by atoms with Crippen LogP contribution in [0, 0.1) is 12.7 Å². The van der Waals surface area contributed by atoms with Crippen LogP contribution in [0.15, 0.2) is 12.1 Å². The molecule has 0 atom stereocenters. The van der Waals surface area contributed by atoms with Crippen LogP contribution in [0.5, 0.6) is 0 Å². The Balaban J connectivity index is 2.43. The first kappa shape index (κ1) is 10.1. The first-order valence-corrected chi connectivity index (χ1v) is 5.02. The van der Waals surface area contributed by atoms with Gasteiger partial charge >= 0.3 is 5.97 Å². The maximum absolute atomic E-state index is 13.6. The number of esters is 1. The number of carbonyl (C=O) groups is 1. The summed E-state index contributed by atoms with van der Waals surface area (Å²) in [6.45, 7) is 1.74. The molecule has 0 saturated heterocycles. The molecule has 15 heavy (non-hydrogen) atoms. The topological polar surface area (TPSA) is 26.3 Å². The molecule has 2 nitrogen and oxygen atoms in total. The molecule has 0 N–H and O–H groups in total. The van der Waals surface area contributed by atoms with E-state index >= 15 is 0 Å². The Hall–Kier alpha value is -1.38. The summed E-state index contributed by atoms with van der Waals surface area (Å²) in [7, 11) is 1.26. The fourth-order valence-electron chi connectivity index (χ4n) is 1.78. The lowest BCUT2D eigenvalue weighted by Crippen LogP contribution is -2.07. The van der Waals surface area contributed by atoms with Crippen LogP contribution >= 0.6 is 0 Å². The summed E-state index contributed by atoms with van der Waals surface area (Å²) in [5, 5.41) is 0. The molecule has 1 aromatic carbocycles. The van der Waals surface area contributed by atoms with Crippen molar-refractivity contribution in [3.63, 3.8) is 0 Å². The van der Waals surface area contributed by atoms with Crippen molar-refractivity contribution in [2.24, 2.45) is 0 Å². The van der Waals surface area contributed by atoms with Gasteiger partial charge in [-0.05, 0) is 42.9 Å². The fraction of sp³-hybridized carbons (Fsp3) is 0.417. The third kappa shape index (κ3) is 1.87. The second-order valence-electron chi connectivity index (χ2n) is 3.96. The number of hydrogen-bond donors (Lipinski definition) is 0. The van der Waals surface area contributed by atoms with Crippen molar-refractivity contribution in [3.8, 4) is 0 Å². The Morgan fingerprint density at radius 3 is 2.60 bits per heavy atom. The minimum Gasteiger partial charge on any atom is -0.465 e. The quantitative estimate of drug-likeness (QED) is 0.698. The van der Waals surface area contributed by atoms with Crippen LogP contribution in [0.1, 0.15) is 40.2 Å². The van der Waals surface area contributed by atoms with Crippen LogP contribution in [0.4, 0.5) is 4.39 Å². The van der Waals surface area contributed by atoms with E-state index < -0.39 is 11.8 Å². The highest BCUT2D eigenvalue weighted by molar-refractivity contribution is 5.91. The lowest BCUT2D eigenvalue weighted by atomic mass is 10.0. The van der Waals surface area contributed by atoms with Crippen molar-refractivity contribution < 1.29 is 13.9 Å². The smallest absolute Gasteiger partial charge is 0.341 e. The molecule has 2 rings (SSSR count). The lowest BCUT2D eigenvalue weighted by Gasteiger charge is -2.07. The molecule has 0 spiro atoms. The first-order valence-electron chi connectivity index (χ1n) is 5.02. The minimum atomic E-state index is -0.604. The lowest BCUT2D eigenvalue weighted by molar-refractivity contribution is 0.0594. The Kier molecular flexibility index (Phi) is 2.47. The number of hydrogen-bond acceptors (Lipinski definition) is 2. The van der Waals surface area contributed by atoms with Gasteiger partial charge in [-0.3, -0.25) is 0 Å². The molecule has 80 valence electrons. The van der Waals surface area contributed by atoms with Gasteiger partial charge in [0.2, 0.25) is 0 Å². The van der Waals surface area contributed by atoms with Crippen molar-refractivity contribution in [1.29, 1.82) is 0 Å². The van der Waals surface area contributed by atoms with E-state index in [4.69, 9.17) is 0 Å². The molecular formula is C12H13FO2. The van der Waals surface area contributed by atoms with Crippen LogP contribution in [0.3, 0.4) is 0 Å². The summed E-state index contributed by atoms with van der Waals surface area (Å²) < 4.78 is 18.2. The molecule has 0 aliphatic heterocycles. The molecule has 0 heterocycles. The zero-order valence-corrected chi connectivity index (χ0v) is 8.84. The van der Waals surface area contributed by atoms with Crippen molar-refractivity contribution in [3.05, 3.63) is 34.6 Å². The molecule has 0 radical (unpaired) electrons. The van der Waals surface area contributed by atoms with Gasteiger partial charge in [0.15, 0.2) is 0 Å². The van der Waals surface area contributed by atoms with Crippen molar-refractivity contribution >= 4 is 5.97 Å². The standard InChI is InChI=1S/C12H13FO2/c1-7-5-9(8-3-4-8)6-10(13)11(7)12(14)15-2/h5-6,8H,3-4H2,1-2H3. The predicted molar refractivity (Wildman–Crippen MR) is 54.5 cm³/mol. The molecule has 1 aliphatic carbocycles. The number of methoxy groups -OCH3 is 1. The van der Waals surface area contributed by atoms with Crippen LogP contribution in [0.25, 0.3) is 0 Å². The van der Waals surface area contributed by atoms with Gasteiger partial charge < -0.3 is 4.74 Å². The number of aryl methyl sites for hydroxylation is 1. The summed E-state index contributed by atoms with van der Waals surface area (Å²) >= 11 is 0. The van der Waals surface area contributed by atoms with E-state index in [2.05, 4.69) is 4.74 Å². The van der Waals surface area contributed by atoms with Crippen LogP contribution < -0.4 is 0 Å². The largest absolute Gasteiger partial charge is 0.465 e. The minimum absolute atomic E-state index is 0.0573. The van der Waals surface area contributed by atoms with Gasteiger partial charge in [-0.25, -0.2) is 9.18 Å². The van der Waals surface area contributed by atoms with Crippen LogP contribution in [-0.2, 0) is 4.74 Å². The molecule has 1 aliphatic rings. The second-order valence-corrected chi connectivity index (χ2v) is 3.96. The maximum Gasteiger partial charge on any atom is 0.341 e. The number of halogens is 1. The van der Waals surface area contributed by atoms with Crippen molar-refractivity contribution in [1.82, 2.24) is 0 Å². The zero-order valence-electron chi connectivity index (χ0n) is 8.84. The monoisotopic (exact) mass is 208 g/mol. The Morgan fingerprint density at radius 1 is 1.47 bits per heavy atom. The summed E-state index contributed by atoms with van der Waals surface area (Å²) in [6, 6.07) is 3.34.